The van der Waals surface area contributed by atoms with Crippen LogP contribution in [0.1, 0.15) is 32.4 Å². The quantitative estimate of drug-likeness (QED) is 0.745. The molecule has 0 unspecified atom stereocenters. The minimum Gasteiger partial charge on any atom is -0.351 e. The lowest BCUT2D eigenvalue weighted by Crippen LogP contribution is -2.49. The zero-order chi connectivity index (χ0) is 17.6. The van der Waals surface area contributed by atoms with Crippen LogP contribution in [0.3, 0.4) is 0 Å². The van der Waals surface area contributed by atoms with Gasteiger partial charge in [0.15, 0.2) is 0 Å². The van der Waals surface area contributed by atoms with Gasteiger partial charge in [-0.05, 0) is 33.4 Å². The Bertz CT molecular complexity index is 566. The maximum atomic E-state index is 12.3. The average molecular weight is 320 g/mol. The zero-order valence-corrected chi connectivity index (χ0v) is 13.9. The Kier molecular flexibility index (Phi) is 6.27. The van der Waals surface area contributed by atoms with E-state index in [1.807, 2.05) is 26.8 Å². The number of nitrogens with two attached hydrogens (primary N) is 1. The highest BCUT2D eigenvalue weighted by Crippen LogP contribution is 2.19. The Hall–Kier alpha value is -2.41. The summed E-state index contributed by atoms with van der Waals surface area (Å²) in [4.78, 5) is 36.9. The third kappa shape index (κ3) is 6.48. The SMILES string of the molecule is CN(CC(=O)NC(C)(C)C)[C@H](C(=O)NC(N)=O)c1ccccc1. The van der Waals surface area contributed by atoms with Crippen molar-refractivity contribution < 1.29 is 14.4 Å². The molecule has 0 spiro atoms. The van der Waals surface area contributed by atoms with Crippen molar-refractivity contribution in [1.82, 2.24) is 15.5 Å². The number of urea groups is 1. The first kappa shape index (κ1) is 18.6. The molecule has 1 aromatic carbocycles. The molecule has 0 bridgehead atoms. The van der Waals surface area contributed by atoms with Crippen LogP contribution in [-0.4, -0.2) is 41.9 Å². The van der Waals surface area contributed by atoms with E-state index < -0.39 is 18.0 Å². The maximum Gasteiger partial charge on any atom is 0.318 e. The van der Waals surface area contributed by atoms with E-state index in [0.29, 0.717) is 5.56 Å². The first-order valence-electron chi connectivity index (χ1n) is 7.26. The number of hydrogen-bond donors (Lipinski definition) is 3. The summed E-state index contributed by atoms with van der Waals surface area (Å²) >= 11 is 0. The van der Waals surface area contributed by atoms with Crippen LogP contribution in [0, 0.1) is 0 Å². The second kappa shape index (κ2) is 7.73. The molecule has 0 aliphatic rings. The lowest BCUT2D eigenvalue weighted by atomic mass is 10.0. The minimum atomic E-state index is -0.927. The Labute approximate surface area is 136 Å². The van der Waals surface area contributed by atoms with Gasteiger partial charge in [0.2, 0.25) is 11.8 Å². The summed E-state index contributed by atoms with van der Waals surface area (Å²) in [5.41, 5.74) is 5.32. The van der Waals surface area contributed by atoms with Crippen LogP contribution in [0.2, 0.25) is 0 Å². The normalized spacial score (nSPS) is 12.6. The minimum absolute atomic E-state index is 0.00299. The predicted octanol–water partition coefficient (Wildman–Crippen LogP) is 0.769. The largest absolute Gasteiger partial charge is 0.351 e. The molecule has 0 saturated carbocycles. The zero-order valence-electron chi connectivity index (χ0n) is 13.9. The number of benzene rings is 1. The van der Waals surface area contributed by atoms with Gasteiger partial charge in [0.05, 0.1) is 6.54 Å². The summed E-state index contributed by atoms with van der Waals surface area (Å²) in [6, 6.07) is 7.16. The van der Waals surface area contributed by atoms with Gasteiger partial charge in [-0.2, -0.15) is 0 Å². The molecule has 0 saturated heterocycles. The van der Waals surface area contributed by atoms with E-state index in [-0.39, 0.29) is 18.0 Å². The number of rotatable bonds is 5. The van der Waals surface area contributed by atoms with Gasteiger partial charge in [-0.15, -0.1) is 0 Å². The fraction of sp³-hybridized carbons (Fsp3) is 0.438. The van der Waals surface area contributed by atoms with E-state index in [2.05, 4.69) is 10.6 Å². The van der Waals surface area contributed by atoms with Gasteiger partial charge in [0.1, 0.15) is 6.04 Å². The molecule has 23 heavy (non-hydrogen) atoms. The third-order valence-corrected chi connectivity index (χ3v) is 2.96. The van der Waals surface area contributed by atoms with Crippen LogP contribution < -0.4 is 16.4 Å². The molecule has 1 rings (SSSR count). The molecule has 7 nitrogen and oxygen atoms in total. The number of imide groups is 1. The van der Waals surface area contributed by atoms with Crippen molar-refractivity contribution in [3.05, 3.63) is 35.9 Å². The molecular formula is C16H24N4O3. The first-order chi connectivity index (χ1) is 10.6. The van der Waals surface area contributed by atoms with E-state index >= 15 is 0 Å². The monoisotopic (exact) mass is 320 g/mol. The summed E-state index contributed by atoms with van der Waals surface area (Å²) in [6.45, 7) is 5.63. The molecule has 126 valence electrons. The molecule has 1 atom stereocenters. The van der Waals surface area contributed by atoms with E-state index in [9.17, 15) is 14.4 Å². The molecule has 0 aliphatic carbocycles. The summed E-state index contributed by atoms with van der Waals surface area (Å²) in [7, 11) is 1.64. The molecule has 0 aromatic heterocycles. The first-order valence-corrected chi connectivity index (χ1v) is 7.26. The average Bonchev–Trinajstić information content (AvgIpc) is 2.36. The molecule has 0 aliphatic heterocycles. The molecule has 0 fully saturated rings. The topological polar surface area (TPSA) is 105 Å². The number of nitrogens with one attached hydrogen (secondary N) is 2. The highest BCUT2D eigenvalue weighted by Gasteiger charge is 2.28. The number of carbonyl (C=O) groups excluding carboxylic acids is 3. The fourth-order valence-electron chi connectivity index (χ4n) is 2.21. The van der Waals surface area contributed by atoms with E-state index in [1.54, 1.807) is 36.2 Å². The molecule has 4 N–H and O–H groups in total. The molecule has 7 heteroatoms. The van der Waals surface area contributed by atoms with Crippen LogP contribution in [0.4, 0.5) is 4.79 Å². The van der Waals surface area contributed by atoms with Gasteiger partial charge < -0.3 is 11.1 Å². The molecular weight excluding hydrogens is 296 g/mol. The van der Waals surface area contributed by atoms with Crippen LogP contribution in [0.5, 0.6) is 0 Å². The molecule has 4 amide bonds. The number of carbonyl (C=O) groups is 3. The lowest BCUT2D eigenvalue weighted by Gasteiger charge is -2.28. The van der Waals surface area contributed by atoms with Gasteiger partial charge in [-0.3, -0.25) is 19.8 Å². The standard InChI is InChI=1S/C16H24N4O3/c1-16(2,3)19-12(21)10-20(4)13(14(22)18-15(17)23)11-8-6-5-7-9-11/h5-9,13H,10H2,1-4H3,(H,19,21)(H3,17,18,22,23)/t13-/m0/s1. The number of likely N-dealkylation sites (N-methyl/N-ethyl adjacent to an activating group) is 1. The second-order valence-electron chi connectivity index (χ2n) is 6.38. The second-order valence-corrected chi connectivity index (χ2v) is 6.38. The van der Waals surface area contributed by atoms with Crippen LogP contribution >= 0.6 is 0 Å². The highest BCUT2D eigenvalue weighted by atomic mass is 16.2. The van der Waals surface area contributed by atoms with Crippen molar-refractivity contribution in [2.75, 3.05) is 13.6 Å². The van der Waals surface area contributed by atoms with Crippen LogP contribution in [0.15, 0.2) is 30.3 Å². The number of primary amides is 1. The van der Waals surface area contributed by atoms with Crippen LogP contribution in [0.25, 0.3) is 0 Å². The number of nitrogens with zero attached hydrogens (tertiary/aromatic N) is 1. The van der Waals surface area contributed by atoms with Gasteiger partial charge in [0.25, 0.3) is 0 Å². The number of hydrogen-bond acceptors (Lipinski definition) is 4. The molecule has 0 radical (unpaired) electrons. The van der Waals surface area contributed by atoms with E-state index in [1.165, 1.54) is 0 Å². The van der Waals surface area contributed by atoms with E-state index in [4.69, 9.17) is 5.73 Å². The van der Waals surface area contributed by atoms with Crippen molar-refractivity contribution in [2.45, 2.75) is 32.4 Å². The molecule has 0 heterocycles. The Balaban J connectivity index is 2.93. The highest BCUT2D eigenvalue weighted by molar-refractivity contribution is 5.97. The van der Waals surface area contributed by atoms with Gasteiger partial charge in [-0.25, -0.2) is 4.79 Å². The van der Waals surface area contributed by atoms with Gasteiger partial charge in [-0.1, -0.05) is 30.3 Å². The summed E-state index contributed by atoms with van der Waals surface area (Å²) in [6.07, 6.45) is 0. The summed E-state index contributed by atoms with van der Waals surface area (Å²) in [5, 5.41) is 4.90. The maximum absolute atomic E-state index is 12.3. The van der Waals surface area contributed by atoms with Gasteiger partial charge in [0, 0.05) is 5.54 Å². The molecule has 1 aromatic rings. The Morgan fingerprint density at radius 3 is 2.22 bits per heavy atom. The van der Waals surface area contributed by atoms with Crippen molar-refractivity contribution >= 4 is 17.8 Å². The summed E-state index contributed by atoms with van der Waals surface area (Å²) in [5.74, 6) is -0.789. The third-order valence-electron chi connectivity index (χ3n) is 2.96. The lowest BCUT2D eigenvalue weighted by molar-refractivity contribution is -0.128. The fourth-order valence-corrected chi connectivity index (χ4v) is 2.21. The number of amides is 4. The van der Waals surface area contributed by atoms with E-state index in [0.717, 1.165) is 0 Å². The smallest absolute Gasteiger partial charge is 0.318 e. The van der Waals surface area contributed by atoms with Crippen molar-refractivity contribution in [3.63, 3.8) is 0 Å². The summed E-state index contributed by atoms with van der Waals surface area (Å²) < 4.78 is 0. The van der Waals surface area contributed by atoms with Crippen LogP contribution in [-0.2, 0) is 9.59 Å². The predicted molar refractivity (Wildman–Crippen MR) is 87.4 cm³/mol. The Morgan fingerprint density at radius 1 is 1.17 bits per heavy atom. The van der Waals surface area contributed by atoms with Crippen molar-refractivity contribution in [2.24, 2.45) is 5.73 Å². The van der Waals surface area contributed by atoms with Crippen molar-refractivity contribution in [1.29, 1.82) is 0 Å². The van der Waals surface area contributed by atoms with Crippen molar-refractivity contribution in [3.8, 4) is 0 Å². The van der Waals surface area contributed by atoms with Gasteiger partial charge >= 0.3 is 6.03 Å². The Morgan fingerprint density at radius 2 is 1.74 bits per heavy atom.